The normalized spacial score (nSPS) is 16.8. The van der Waals surface area contributed by atoms with Gasteiger partial charge in [-0.25, -0.2) is 0 Å². The number of nitrogens with one attached hydrogen (secondary N) is 3. The van der Waals surface area contributed by atoms with Crippen LogP contribution in [0, 0.1) is 0 Å². The van der Waals surface area contributed by atoms with Gasteiger partial charge in [0, 0.05) is 31.8 Å². The van der Waals surface area contributed by atoms with E-state index in [4.69, 9.17) is 4.74 Å². The Hall–Kier alpha value is -1.55. The molecular weight excluding hydrogens is 435 g/mol. The van der Waals surface area contributed by atoms with E-state index >= 15 is 0 Å². The molecular formula is C17H27IN4O3. The van der Waals surface area contributed by atoms with E-state index in [-0.39, 0.29) is 41.7 Å². The number of rotatable bonds is 7. The Bertz CT molecular complexity index is 545. The van der Waals surface area contributed by atoms with Crippen molar-refractivity contribution in [3.63, 3.8) is 0 Å². The predicted octanol–water partition coefficient (Wildman–Crippen LogP) is 1.47. The summed E-state index contributed by atoms with van der Waals surface area (Å²) in [4.78, 5) is 16.5. The quantitative estimate of drug-likeness (QED) is 0.213. The average molecular weight is 462 g/mol. The first kappa shape index (κ1) is 21.5. The Morgan fingerprint density at radius 2 is 1.96 bits per heavy atom. The maximum atomic E-state index is 11.9. The summed E-state index contributed by atoms with van der Waals surface area (Å²) < 4.78 is 5.56. The lowest BCUT2D eigenvalue weighted by Gasteiger charge is -2.13. The minimum atomic E-state index is -0.168. The van der Waals surface area contributed by atoms with E-state index in [1.807, 2.05) is 6.92 Å². The highest BCUT2D eigenvalue weighted by atomic mass is 127. The second kappa shape index (κ2) is 11.9. The number of aromatic hydroxyl groups is 1. The van der Waals surface area contributed by atoms with Gasteiger partial charge in [0.25, 0.3) is 5.91 Å². The number of hydrogen-bond acceptors (Lipinski definition) is 4. The number of aliphatic imine (C=N–C) groups is 1. The number of carbonyl (C=O) groups excluding carboxylic acids is 1. The van der Waals surface area contributed by atoms with Crippen molar-refractivity contribution in [3.05, 3.63) is 29.8 Å². The van der Waals surface area contributed by atoms with Gasteiger partial charge >= 0.3 is 0 Å². The number of hydrogen-bond donors (Lipinski definition) is 4. The lowest BCUT2D eigenvalue weighted by molar-refractivity contribution is 0.0954. The number of ether oxygens (including phenoxy) is 1. The molecule has 1 atom stereocenters. The summed E-state index contributed by atoms with van der Waals surface area (Å²) in [7, 11) is 0. The maximum absolute atomic E-state index is 11.9. The van der Waals surface area contributed by atoms with Crippen molar-refractivity contribution >= 4 is 35.8 Å². The van der Waals surface area contributed by atoms with Gasteiger partial charge in [0.1, 0.15) is 5.75 Å². The third-order valence-corrected chi connectivity index (χ3v) is 3.65. The summed E-state index contributed by atoms with van der Waals surface area (Å²) in [6.07, 6.45) is 2.38. The van der Waals surface area contributed by atoms with Crippen LogP contribution in [0.5, 0.6) is 5.75 Å². The molecule has 1 amide bonds. The number of benzene rings is 1. The zero-order valence-electron chi connectivity index (χ0n) is 14.5. The Balaban J connectivity index is 0.00000312. The van der Waals surface area contributed by atoms with Gasteiger partial charge in [-0.15, -0.1) is 24.0 Å². The van der Waals surface area contributed by atoms with Crippen molar-refractivity contribution in [2.45, 2.75) is 25.9 Å². The fourth-order valence-electron chi connectivity index (χ4n) is 2.39. The molecule has 1 aromatic rings. The van der Waals surface area contributed by atoms with Crippen molar-refractivity contribution in [2.75, 3.05) is 32.8 Å². The summed E-state index contributed by atoms with van der Waals surface area (Å²) in [5.41, 5.74) is 0.520. The largest absolute Gasteiger partial charge is 0.508 e. The summed E-state index contributed by atoms with van der Waals surface area (Å²) in [6, 6.07) is 6.17. The second-order valence-corrected chi connectivity index (χ2v) is 5.58. The lowest BCUT2D eigenvalue weighted by Crippen LogP contribution is -2.42. The number of amides is 1. The monoisotopic (exact) mass is 462 g/mol. The molecule has 0 radical (unpaired) electrons. The Morgan fingerprint density at radius 1 is 1.24 bits per heavy atom. The SMILES string of the molecule is CCNC(=NCC1CCCO1)NCCNC(=O)c1ccc(O)cc1.I. The molecule has 4 N–H and O–H groups in total. The number of halogens is 1. The summed E-state index contributed by atoms with van der Waals surface area (Å²) >= 11 is 0. The van der Waals surface area contributed by atoms with Gasteiger partial charge in [-0.1, -0.05) is 0 Å². The Morgan fingerprint density at radius 3 is 2.60 bits per heavy atom. The summed E-state index contributed by atoms with van der Waals surface area (Å²) in [6.45, 7) is 5.31. The van der Waals surface area contributed by atoms with Crippen LogP contribution < -0.4 is 16.0 Å². The zero-order chi connectivity index (χ0) is 17.2. The molecule has 1 aromatic carbocycles. The van der Waals surface area contributed by atoms with Crippen molar-refractivity contribution in [3.8, 4) is 5.75 Å². The van der Waals surface area contributed by atoms with Crippen LogP contribution in [0.3, 0.4) is 0 Å². The third kappa shape index (κ3) is 7.91. The molecule has 140 valence electrons. The molecule has 1 fully saturated rings. The number of guanidine groups is 1. The molecule has 2 rings (SSSR count). The first-order valence-corrected chi connectivity index (χ1v) is 8.40. The first-order chi connectivity index (χ1) is 11.7. The molecule has 1 aliphatic rings. The van der Waals surface area contributed by atoms with Crippen LogP contribution in [0.1, 0.15) is 30.1 Å². The van der Waals surface area contributed by atoms with Gasteiger partial charge in [-0.3, -0.25) is 9.79 Å². The van der Waals surface area contributed by atoms with Gasteiger partial charge in [0.15, 0.2) is 5.96 Å². The second-order valence-electron chi connectivity index (χ2n) is 5.58. The van der Waals surface area contributed by atoms with Crippen LogP contribution >= 0.6 is 24.0 Å². The number of phenolic OH excluding ortho intramolecular Hbond substituents is 1. The van der Waals surface area contributed by atoms with Crippen LogP contribution in [0.25, 0.3) is 0 Å². The molecule has 0 spiro atoms. The molecule has 0 aromatic heterocycles. The van der Waals surface area contributed by atoms with E-state index in [0.717, 1.165) is 32.0 Å². The smallest absolute Gasteiger partial charge is 0.251 e. The minimum absolute atomic E-state index is 0. The van der Waals surface area contributed by atoms with Crippen LogP contribution in [0.2, 0.25) is 0 Å². The molecule has 25 heavy (non-hydrogen) atoms. The van der Waals surface area contributed by atoms with E-state index in [1.165, 1.54) is 12.1 Å². The van der Waals surface area contributed by atoms with Crippen LogP contribution in [0.15, 0.2) is 29.3 Å². The molecule has 0 saturated carbocycles. The molecule has 1 heterocycles. The lowest BCUT2D eigenvalue weighted by atomic mass is 10.2. The molecule has 7 nitrogen and oxygen atoms in total. The highest BCUT2D eigenvalue weighted by molar-refractivity contribution is 14.0. The summed E-state index contributed by atoms with van der Waals surface area (Å²) in [5, 5.41) is 18.4. The standard InChI is InChI=1S/C17H26N4O3.HI/c1-2-18-17(21-12-15-4-3-11-24-15)20-10-9-19-16(23)13-5-7-14(22)8-6-13;/h5-8,15,22H,2-4,9-12H2,1H3,(H,19,23)(H2,18,20,21);1H. The summed E-state index contributed by atoms with van der Waals surface area (Å²) in [5.74, 6) is 0.705. The highest BCUT2D eigenvalue weighted by Gasteiger charge is 2.14. The van der Waals surface area contributed by atoms with Gasteiger partial charge in [-0.2, -0.15) is 0 Å². The van der Waals surface area contributed by atoms with Crippen molar-refractivity contribution < 1.29 is 14.6 Å². The maximum Gasteiger partial charge on any atom is 0.251 e. The molecule has 1 aliphatic heterocycles. The van der Waals surface area contributed by atoms with Crippen molar-refractivity contribution in [1.29, 1.82) is 0 Å². The fraction of sp³-hybridized carbons (Fsp3) is 0.529. The number of nitrogens with zero attached hydrogens (tertiary/aromatic N) is 1. The topological polar surface area (TPSA) is 95.0 Å². The third-order valence-electron chi connectivity index (χ3n) is 3.65. The Labute approximate surface area is 165 Å². The van der Waals surface area contributed by atoms with Gasteiger partial charge < -0.3 is 25.8 Å². The fourth-order valence-corrected chi connectivity index (χ4v) is 2.39. The van der Waals surface area contributed by atoms with Gasteiger partial charge in [-0.05, 0) is 44.0 Å². The van der Waals surface area contributed by atoms with E-state index in [1.54, 1.807) is 12.1 Å². The molecule has 0 aliphatic carbocycles. The van der Waals surface area contributed by atoms with E-state index in [9.17, 15) is 9.90 Å². The van der Waals surface area contributed by atoms with E-state index in [0.29, 0.717) is 25.2 Å². The van der Waals surface area contributed by atoms with Crippen LogP contribution in [-0.2, 0) is 4.74 Å². The van der Waals surface area contributed by atoms with Gasteiger partial charge in [0.05, 0.1) is 12.6 Å². The predicted molar refractivity (Wildman–Crippen MR) is 109 cm³/mol. The average Bonchev–Trinajstić information content (AvgIpc) is 3.10. The van der Waals surface area contributed by atoms with Crippen molar-refractivity contribution in [2.24, 2.45) is 4.99 Å². The van der Waals surface area contributed by atoms with Crippen LogP contribution in [-0.4, -0.2) is 55.9 Å². The number of phenols is 1. The van der Waals surface area contributed by atoms with Crippen LogP contribution in [0.4, 0.5) is 0 Å². The molecule has 1 unspecified atom stereocenters. The highest BCUT2D eigenvalue weighted by Crippen LogP contribution is 2.11. The molecule has 8 heteroatoms. The molecule has 0 bridgehead atoms. The van der Waals surface area contributed by atoms with E-state index in [2.05, 4.69) is 20.9 Å². The van der Waals surface area contributed by atoms with Gasteiger partial charge in [0.2, 0.25) is 0 Å². The first-order valence-electron chi connectivity index (χ1n) is 8.40. The van der Waals surface area contributed by atoms with Crippen molar-refractivity contribution in [1.82, 2.24) is 16.0 Å². The number of carbonyl (C=O) groups is 1. The molecule has 1 saturated heterocycles. The Kier molecular flexibility index (Phi) is 10.2. The zero-order valence-corrected chi connectivity index (χ0v) is 16.8. The minimum Gasteiger partial charge on any atom is -0.508 e. The van der Waals surface area contributed by atoms with E-state index < -0.39 is 0 Å².